The number of sulfonamides is 1. The summed E-state index contributed by atoms with van der Waals surface area (Å²) in [6.07, 6.45) is -8.27. The van der Waals surface area contributed by atoms with Crippen LogP contribution in [0.4, 0.5) is 30.7 Å². The molecule has 2 rings (SSSR count). The molecular weight excluding hydrogens is 367 g/mol. The third-order valence-corrected chi connectivity index (χ3v) is 5.23. The fourth-order valence-corrected chi connectivity index (χ4v) is 3.82. The molecule has 24 heavy (non-hydrogen) atoms. The van der Waals surface area contributed by atoms with E-state index >= 15 is 0 Å². The largest absolute Gasteiger partial charge is 0.459 e. The maximum Gasteiger partial charge on any atom is 0.459 e. The predicted octanol–water partition coefficient (Wildman–Crippen LogP) is 3.59. The number of rotatable bonds is 3. The Bertz CT molecular complexity index is 743. The molecule has 1 N–H and O–H groups in total. The van der Waals surface area contributed by atoms with E-state index in [2.05, 4.69) is 0 Å². The first kappa shape index (κ1) is 19.0. The van der Waals surface area contributed by atoms with Crippen LogP contribution in [0.3, 0.4) is 0 Å². The molecule has 1 heterocycles. The fourth-order valence-electron chi connectivity index (χ4n) is 2.46. The van der Waals surface area contributed by atoms with Crippen molar-refractivity contribution in [2.75, 3.05) is 6.54 Å². The summed E-state index contributed by atoms with van der Waals surface area (Å²) in [6.45, 7) is 0.816. The molecule has 0 fully saturated rings. The maximum absolute atomic E-state index is 13.6. The number of hydrogen-bond acceptors (Lipinski definition) is 2. The first-order valence-electron chi connectivity index (χ1n) is 6.61. The molecule has 0 unspecified atom stereocenters. The van der Waals surface area contributed by atoms with Crippen LogP contribution in [0, 0.1) is 6.92 Å². The second-order valence-electron chi connectivity index (χ2n) is 5.57. The molecule has 1 aromatic rings. The van der Waals surface area contributed by atoms with Gasteiger partial charge in [-0.3, -0.25) is 0 Å². The van der Waals surface area contributed by atoms with E-state index in [-0.39, 0.29) is 5.56 Å². The highest BCUT2D eigenvalue weighted by Gasteiger charge is 2.73. The highest BCUT2D eigenvalue weighted by molar-refractivity contribution is 7.89. The molecule has 0 spiro atoms. The maximum atomic E-state index is 13.6. The lowest BCUT2D eigenvalue weighted by molar-refractivity contribution is -0.356. The van der Waals surface area contributed by atoms with Crippen molar-refractivity contribution in [2.24, 2.45) is 0 Å². The highest BCUT2D eigenvalue weighted by Crippen LogP contribution is 2.50. The van der Waals surface area contributed by atoms with Crippen LogP contribution in [0.1, 0.15) is 23.5 Å². The van der Waals surface area contributed by atoms with Gasteiger partial charge in [-0.25, -0.2) is 13.1 Å². The summed E-state index contributed by atoms with van der Waals surface area (Å²) in [4.78, 5) is -0.407. The van der Waals surface area contributed by atoms with Crippen molar-refractivity contribution in [2.45, 2.75) is 42.2 Å². The summed E-state index contributed by atoms with van der Waals surface area (Å²) in [6, 6.07) is 3.66. The average molecular weight is 379 g/mol. The van der Waals surface area contributed by atoms with Gasteiger partial charge in [-0.15, -0.1) is 0 Å². The normalized spacial score (nSPS) is 21.4. The summed E-state index contributed by atoms with van der Waals surface area (Å²) in [7, 11) is -4.02. The lowest BCUT2D eigenvalue weighted by Crippen LogP contribution is -2.53. The highest BCUT2D eigenvalue weighted by atomic mass is 32.2. The number of halogens is 7. The predicted molar refractivity (Wildman–Crippen MR) is 69.7 cm³/mol. The molecule has 0 saturated carbocycles. The van der Waals surface area contributed by atoms with Crippen LogP contribution in [0.5, 0.6) is 0 Å². The van der Waals surface area contributed by atoms with Crippen molar-refractivity contribution in [1.82, 2.24) is 4.72 Å². The van der Waals surface area contributed by atoms with Gasteiger partial charge >= 0.3 is 18.0 Å². The van der Waals surface area contributed by atoms with Gasteiger partial charge in [0.25, 0.3) is 0 Å². The molecule has 11 heteroatoms. The molecule has 136 valence electrons. The lowest BCUT2D eigenvalue weighted by atomic mass is 9.89. The molecular formula is C13H12F7NO2S. The zero-order valence-electron chi connectivity index (χ0n) is 12.1. The van der Waals surface area contributed by atoms with Crippen LogP contribution < -0.4 is 4.72 Å². The second-order valence-corrected chi connectivity index (χ2v) is 7.31. The zero-order valence-corrected chi connectivity index (χ0v) is 12.9. The van der Waals surface area contributed by atoms with Gasteiger partial charge in [-0.2, -0.15) is 30.7 Å². The second kappa shape index (κ2) is 5.58. The zero-order chi connectivity index (χ0) is 18.6. The van der Waals surface area contributed by atoms with E-state index in [1.165, 1.54) is 19.1 Å². The monoisotopic (exact) mass is 379 g/mol. The van der Waals surface area contributed by atoms with Crippen molar-refractivity contribution in [1.29, 1.82) is 0 Å². The van der Waals surface area contributed by atoms with Crippen molar-refractivity contribution >= 4 is 10.0 Å². The van der Waals surface area contributed by atoms with Gasteiger partial charge < -0.3 is 0 Å². The first-order valence-corrected chi connectivity index (χ1v) is 8.10. The van der Waals surface area contributed by atoms with E-state index in [0.717, 1.165) is 6.07 Å². The molecule has 1 aromatic carbocycles. The van der Waals surface area contributed by atoms with Gasteiger partial charge in [0.05, 0.1) is 4.90 Å². The quantitative estimate of drug-likeness (QED) is 0.816. The van der Waals surface area contributed by atoms with Gasteiger partial charge in [-0.1, -0.05) is 17.7 Å². The van der Waals surface area contributed by atoms with E-state index in [0.29, 0.717) is 5.56 Å². The molecule has 1 atom stereocenters. The summed E-state index contributed by atoms with van der Waals surface area (Å²) in [5, 5.41) is 0. The van der Waals surface area contributed by atoms with Gasteiger partial charge in [-0.05, 0) is 18.6 Å². The number of fused-ring (bicyclic) bond motifs is 1. The van der Waals surface area contributed by atoms with E-state index < -0.39 is 51.8 Å². The van der Waals surface area contributed by atoms with E-state index in [4.69, 9.17) is 0 Å². The smallest absolute Gasteiger partial charge is 0.211 e. The van der Waals surface area contributed by atoms with Crippen LogP contribution in [0.15, 0.2) is 23.1 Å². The molecule has 0 amide bonds. The standard InChI is InChI=1S/C13H12F7NO2S/c1-7-2-3-10-9(4-7)8(6-21-24(10,22)23)5-11(14,15)12(16,17)13(18,19)20/h2-4,8,21H,5-6H2,1H3/t8-/m0/s1. The Labute approximate surface area is 132 Å². The van der Waals surface area contributed by atoms with Gasteiger partial charge in [0.15, 0.2) is 0 Å². The first-order chi connectivity index (χ1) is 10.7. The Hall–Kier alpha value is -1.36. The molecule has 1 aliphatic heterocycles. The van der Waals surface area contributed by atoms with Gasteiger partial charge in [0.2, 0.25) is 10.0 Å². The number of hydrogen-bond donors (Lipinski definition) is 1. The molecule has 0 bridgehead atoms. The van der Waals surface area contributed by atoms with Crippen molar-refractivity contribution < 1.29 is 39.2 Å². The van der Waals surface area contributed by atoms with Crippen LogP contribution in [0.25, 0.3) is 0 Å². The van der Waals surface area contributed by atoms with Crippen molar-refractivity contribution in [3.63, 3.8) is 0 Å². The number of alkyl halides is 7. The minimum Gasteiger partial charge on any atom is -0.211 e. The number of aryl methyl sites for hydroxylation is 1. The third-order valence-electron chi connectivity index (χ3n) is 3.73. The van der Waals surface area contributed by atoms with E-state index in [9.17, 15) is 39.2 Å². The molecule has 0 saturated heterocycles. The molecule has 0 aromatic heterocycles. The van der Waals surface area contributed by atoms with Gasteiger partial charge in [0, 0.05) is 18.9 Å². The van der Waals surface area contributed by atoms with Crippen LogP contribution >= 0.6 is 0 Å². The topological polar surface area (TPSA) is 46.2 Å². The van der Waals surface area contributed by atoms with Crippen molar-refractivity contribution in [3.8, 4) is 0 Å². The minimum absolute atomic E-state index is 0.202. The molecule has 0 aliphatic carbocycles. The summed E-state index contributed by atoms with van der Waals surface area (Å²) >= 11 is 0. The summed E-state index contributed by atoms with van der Waals surface area (Å²) in [5.41, 5.74) is 0.258. The average Bonchev–Trinajstić information content (AvgIpc) is 2.40. The number of nitrogens with one attached hydrogen (secondary N) is 1. The molecule has 3 nitrogen and oxygen atoms in total. The lowest BCUT2D eigenvalue weighted by Gasteiger charge is -2.33. The summed E-state index contributed by atoms with van der Waals surface area (Å²) in [5.74, 6) is -13.1. The Kier molecular flexibility index (Phi) is 4.41. The number of benzene rings is 1. The van der Waals surface area contributed by atoms with Crippen LogP contribution in [0.2, 0.25) is 0 Å². The van der Waals surface area contributed by atoms with E-state index in [1.54, 1.807) is 0 Å². The Morgan fingerprint density at radius 2 is 1.71 bits per heavy atom. The Morgan fingerprint density at radius 1 is 1.12 bits per heavy atom. The Morgan fingerprint density at radius 3 is 2.25 bits per heavy atom. The molecule has 1 aliphatic rings. The molecule has 0 radical (unpaired) electrons. The minimum atomic E-state index is -6.42. The van der Waals surface area contributed by atoms with Crippen LogP contribution in [-0.2, 0) is 10.0 Å². The van der Waals surface area contributed by atoms with Crippen molar-refractivity contribution in [3.05, 3.63) is 29.3 Å². The third kappa shape index (κ3) is 3.10. The fraction of sp³-hybridized carbons (Fsp3) is 0.538. The summed E-state index contributed by atoms with van der Waals surface area (Å²) < 4.78 is 116. The SMILES string of the molecule is Cc1ccc2c(c1)[C@@H](CC(F)(F)C(F)(F)C(F)(F)F)CNS2(=O)=O. The van der Waals surface area contributed by atoms with E-state index in [1.807, 2.05) is 4.72 Å². The van der Waals surface area contributed by atoms with Crippen LogP contribution in [-0.4, -0.2) is 33.0 Å². The van der Waals surface area contributed by atoms with Gasteiger partial charge in [0.1, 0.15) is 0 Å². The Balaban J connectivity index is 2.43.